The third-order valence-corrected chi connectivity index (χ3v) is 3.74. The molecule has 1 aromatic rings. The number of aliphatic hydroxyl groups excluding tert-OH is 1. The Hall–Kier alpha value is -1.09. The van der Waals surface area contributed by atoms with Crippen molar-refractivity contribution < 1.29 is 9.50 Å². The van der Waals surface area contributed by atoms with Gasteiger partial charge in [-0.3, -0.25) is 0 Å². The Morgan fingerprint density at radius 1 is 1.24 bits per heavy atom. The van der Waals surface area contributed by atoms with Crippen LogP contribution in [0.25, 0.3) is 0 Å². The van der Waals surface area contributed by atoms with Crippen LogP contribution < -0.4 is 5.32 Å². The average Bonchev–Trinajstić information content (AvgIpc) is 2.38. The molecular formula is C14H20FNO. The molecule has 94 valence electrons. The smallest absolute Gasteiger partial charge is 0.125 e. The first-order valence-corrected chi connectivity index (χ1v) is 6.34. The van der Waals surface area contributed by atoms with Crippen molar-refractivity contribution in [1.82, 2.24) is 0 Å². The minimum atomic E-state index is -0.225. The van der Waals surface area contributed by atoms with Gasteiger partial charge in [0.2, 0.25) is 0 Å². The van der Waals surface area contributed by atoms with Crippen LogP contribution in [0.15, 0.2) is 24.3 Å². The highest BCUT2D eigenvalue weighted by atomic mass is 19.1. The molecule has 0 heterocycles. The van der Waals surface area contributed by atoms with E-state index in [1.165, 1.54) is 31.4 Å². The molecule has 2 rings (SSSR count). The van der Waals surface area contributed by atoms with E-state index in [1.807, 2.05) is 6.07 Å². The summed E-state index contributed by atoms with van der Waals surface area (Å²) in [5.74, 6) is -0.225. The van der Waals surface area contributed by atoms with Crippen LogP contribution >= 0.6 is 0 Å². The van der Waals surface area contributed by atoms with Gasteiger partial charge in [-0.25, -0.2) is 4.39 Å². The number of hydrogen-bond donors (Lipinski definition) is 2. The van der Waals surface area contributed by atoms with Crippen LogP contribution in [0.4, 0.5) is 10.1 Å². The van der Waals surface area contributed by atoms with Gasteiger partial charge in [0.25, 0.3) is 0 Å². The summed E-state index contributed by atoms with van der Waals surface area (Å²) in [5.41, 5.74) is 0.785. The van der Waals surface area contributed by atoms with Gasteiger partial charge in [-0.2, -0.15) is 0 Å². The molecule has 2 N–H and O–H groups in total. The third kappa shape index (κ3) is 3.19. The van der Waals surface area contributed by atoms with Crippen LogP contribution in [0.1, 0.15) is 32.1 Å². The van der Waals surface area contributed by atoms with E-state index in [1.54, 1.807) is 6.07 Å². The molecule has 1 fully saturated rings. The van der Waals surface area contributed by atoms with Gasteiger partial charge in [-0.05, 0) is 31.0 Å². The molecule has 1 aromatic carbocycles. The van der Waals surface area contributed by atoms with E-state index in [2.05, 4.69) is 5.32 Å². The van der Waals surface area contributed by atoms with Crippen LogP contribution in [-0.4, -0.2) is 18.3 Å². The molecule has 1 aliphatic rings. The first-order valence-electron chi connectivity index (χ1n) is 6.34. The monoisotopic (exact) mass is 237 g/mol. The summed E-state index contributed by atoms with van der Waals surface area (Å²) in [6.07, 6.45) is 5.76. The number of nitrogens with one attached hydrogen (secondary N) is 1. The van der Waals surface area contributed by atoms with E-state index in [9.17, 15) is 9.50 Å². The van der Waals surface area contributed by atoms with Crippen LogP contribution in [0.5, 0.6) is 0 Å². The van der Waals surface area contributed by atoms with E-state index in [4.69, 9.17) is 0 Å². The molecule has 0 aliphatic heterocycles. The van der Waals surface area contributed by atoms with Crippen LogP contribution in [0.3, 0.4) is 0 Å². The molecule has 0 bridgehead atoms. The Balaban J connectivity index is 1.95. The predicted molar refractivity (Wildman–Crippen MR) is 67.5 cm³/mol. The summed E-state index contributed by atoms with van der Waals surface area (Å²) < 4.78 is 13.0. The Labute approximate surface area is 102 Å². The van der Waals surface area contributed by atoms with Gasteiger partial charge in [-0.1, -0.05) is 25.3 Å². The number of hydrogen-bond acceptors (Lipinski definition) is 2. The number of benzene rings is 1. The lowest BCUT2D eigenvalue weighted by atomic mass is 9.74. The first kappa shape index (κ1) is 12.4. The molecular weight excluding hydrogens is 217 g/mol. The highest BCUT2D eigenvalue weighted by Gasteiger charge is 2.30. The van der Waals surface area contributed by atoms with Gasteiger partial charge in [0.05, 0.1) is 6.61 Å². The third-order valence-electron chi connectivity index (χ3n) is 3.74. The van der Waals surface area contributed by atoms with Crippen molar-refractivity contribution in [3.8, 4) is 0 Å². The molecule has 17 heavy (non-hydrogen) atoms. The van der Waals surface area contributed by atoms with Gasteiger partial charge in [-0.15, -0.1) is 0 Å². The second-order valence-electron chi connectivity index (χ2n) is 5.08. The van der Waals surface area contributed by atoms with Crippen LogP contribution in [-0.2, 0) is 0 Å². The van der Waals surface area contributed by atoms with Crippen molar-refractivity contribution >= 4 is 5.69 Å². The lowest BCUT2D eigenvalue weighted by Gasteiger charge is -2.36. The van der Waals surface area contributed by atoms with E-state index in [0.29, 0.717) is 0 Å². The van der Waals surface area contributed by atoms with E-state index in [0.717, 1.165) is 25.1 Å². The fourth-order valence-electron chi connectivity index (χ4n) is 2.58. The van der Waals surface area contributed by atoms with Gasteiger partial charge in [0.1, 0.15) is 5.82 Å². The highest BCUT2D eigenvalue weighted by Crippen LogP contribution is 2.35. The van der Waals surface area contributed by atoms with Crippen molar-refractivity contribution in [2.45, 2.75) is 32.1 Å². The highest BCUT2D eigenvalue weighted by molar-refractivity contribution is 5.43. The quantitative estimate of drug-likeness (QED) is 0.843. The lowest BCUT2D eigenvalue weighted by molar-refractivity contribution is 0.0944. The minimum Gasteiger partial charge on any atom is -0.396 e. The summed E-state index contributed by atoms with van der Waals surface area (Å²) in [4.78, 5) is 0. The van der Waals surface area contributed by atoms with Crippen LogP contribution in [0, 0.1) is 11.2 Å². The largest absolute Gasteiger partial charge is 0.396 e. The Morgan fingerprint density at radius 2 is 2.00 bits per heavy atom. The van der Waals surface area contributed by atoms with Gasteiger partial charge in [0, 0.05) is 17.6 Å². The number of aliphatic hydroxyl groups is 1. The molecule has 0 unspecified atom stereocenters. The Kier molecular flexibility index (Phi) is 4.00. The predicted octanol–water partition coefficient (Wildman–Crippen LogP) is 3.18. The lowest BCUT2D eigenvalue weighted by Crippen LogP contribution is -2.35. The fourth-order valence-corrected chi connectivity index (χ4v) is 2.58. The summed E-state index contributed by atoms with van der Waals surface area (Å²) in [6, 6.07) is 6.49. The molecule has 1 saturated carbocycles. The van der Waals surface area contributed by atoms with E-state index in [-0.39, 0.29) is 17.8 Å². The van der Waals surface area contributed by atoms with Crippen molar-refractivity contribution in [2.75, 3.05) is 18.5 Å². The summed E-state index contributed by atoms with van der Waals surface area (Å²) >= 11 is 0. The maximum atomic E-state index is 13.0. The zero-order chi connectivity index (χ0) is 12.1. The average molecular weight is 237 g/mol. The van der Waals surface area contributed by atoms with E-state index >= 15 is 0 Å². The van der Waals surface area contributed by atoms with Gasteiger partial charge < -0.3 is 10.4 Å². The zero-order valence-electron chi connectivity index (χ0n) is 10.1. The molecule has 0 amide bonds. The topological polar surface area (TPSA) is 32.3 Å². The van der Waals surface area contributed by atoms with E-state index < -0.39 is 0 Å². The standard InChI is InChI=1S/C14H20FNO/c15-12-5-4-6-13(9-12)16-10-14(11-17)7-2-1-3-8-14/h4-6,9,16-17H,1-3,7-8,10-11H2. The summed E-state index contributed by atoms with van der Waals surface area (Å²) in [6.45, 7) is 0.947. The maximum absolute atomic E-state index is 13.0. The number of halogens is 1. The maximum Gasteiger partial charge on any atom is 0.125 e. The van der Waals surface area contributed by atoms with Gasteiger partial charge >= 0.3 is 0 Å². The second-order valence-corrected chi connectivity index (χ2v) is 5.08. The summed E-state index contributed by atoms with van der Waals surface area (Å²) in [7, 11) is 0. The van der Waals surface area contributed by atoms with Crippen molar-refractivity contribution in [3.05, 3.63) is 30.1 Å². The molecule has 0 radical (unpaired) electrons. The van der Waals surface area contributed by atoms with Crippen molar-refractivity contribution in [2.24, 2.45) is 5.41 Å². The molecule has 0 saturated heterocycles. The number of anilines is 1. The fraction of sp³-hybridized carbons (Fsp3) is 0.571. The molecule has 1 aliphatic carbocycles. The number of rotatable bonds is 4. The Morgan fingerprint density at radius 3 is 2.65 bits per heavy atom. The van der Waals surface area contributed by atoms with Gasteiger partial charge in [0.15, 0.2) is 0 Å². The molecule has 0 atom stereocenters. The molecule has 0 spiro atoms. The SMILES string of the molecule is OCC1(CNc2cccc(F)c2)CCCCC1. The van der Waals surface area contributed by atoms with Crippen LogP contribution in [0.2, 0.25) is 0 Å². The Bertz CT molecular complexity index is 361. The molecule has 2 nitrogen and oxygen atoms in total. The second kappa shape index (κ2) is 5.50. The normalized spacial score (nSPS) is 18.9. The molecule has 0 aromatic heterocycles. The summed E-state index contributed by atoms with van der Waals surface area (Å²) in [5, 5.41) is 12.8. The first-order chi connectivity index (χ1) is 8.24. The van der Waals surface area contributed by atoms with Crippen molar-refractivity contribution in [3.63, 3.8) is 0 Å². The molecule has 3 heteroatoms. The zero-order valence-corrected chi connectivity index (χ0v) is 10.1. The minimum absolute atomic E-state index is 0.00936. The van der Waals surface area contributed by atoms with Crippen molar-refractivity contribution in [1.29, 1.82) is 0 Å².